The number of aliphatic carboxylic acids is 1. The van der Waals surface area contributed by atoms with Gasteiger partial charge in [-0.15, -0.1) is 0 Å². The highest BCUT2D eigenvalue weighted by Crippen LogP contribution is 2.26. The van der Waals surface area contributed by atoms with Crippen molar-refractivity contribution in [3.63, 3.8) is 0 Å². The molecule has 0 amide bonds. The summed E-state index contributed by atoms with van der Waals surface area (Å²) in [7, 11) is 0. The fraction of sp³-hybridized carbons (Fsp3) is 0.417. The summed E-state index contributed by atoms with van der Waals surface area (Å²) in [6, 6.07) is 6.46. The number of rotatable bonds is 4. The Bertz CT molecular complexity index is 344. The van der Waals surface area contributed by atoms with Crippen molar-refractivity contribution in [2.75, 3.05) is 0 Å². The molecular weight excluding hydrogens is 192 g/mol. The van der Waals surface area contributed by atoms with Crippen LogP contribution in [0.4, 0.5) is 0 Å². The number of hydrogen-bond acceptors (Lipinski definition) is 2. The van der Waals surface area contributed by atoms with Crippen LogP contribution in [0.15, 0.2) is 24.3 Å². The second-order valence-electron chi connectivity index (χ2n) is 4.12. The number of benzene rings is 1. The molecule has 82 valence electrons. The molecule has 1 aromatic rings. The number of aromatic hydroxyl groups is 1. The third kappa shape index (κ3) is 3.27. The normalized spacial score (nSPS) is 12.7. The van der Waals surface area contributed by atoms with E-state index in [1.54, 1.807) is 12.1 Å². The standard InChI is InChI=1S/C12H16O3/c1-8(2)6-11(12(14)15)9-4-3-5-10(13)7-9/h3-5,7-8,11,13H,6H2,1-2H3,(H,14,15). The number of carbonyl (C=O) groups is 1. The highest BCUT2D eigenvalue weighted by Gasteiger charge is 2.21. The highest BCUT2D eigenvalue weighted by molar-refractivity contribution is 5.76. The summed E-state index contributed by atoms with van der Waals surface area (Å²) in [4.78, 5) is 11.1. The Morgan fingerprint density at radius 3 is 2.53 bits per heavy atom. The van der Waals surface area contributed by atoms with Crippen molar-refractivity contribution in [2.24, 2.45) is 5.92 Å². The average Bonchev–Trinajstić information content (AvgIpc) is 2.13. The molecule has 3 heteroatoms. The van der Waals surface area contributed by atoms with Crippen LogP contribution in [-0.2, 0) is 4.79 Å². The molecule has 1 unspecified atom stereocenters. The van der Waals surface area contributed by atoms with E-state index in [0.29, 0.717) is 17.9 Å². The Kier molecular flexibility index (Phi) is 3.72. The molecule has 1 rings (SSSR count). The van der Waals surface area contributed by atoms with Crippen molar-refractivity contribution in [3.8, 4) is 5.75 Å². The molecule has 0 aliphatic carbocycles. The molecule has 0 radical (unpaired) electrons. The maximum Gasteiger partial charge on any atom is 0.310 e. The van der Waals surface area contributed by atoms with Gasteiger partial charge in [0.05, 0.1) is 5.92 Å². The van der Waals surface area contributed by atoms with Gasteiger partial charge in [0.1, 0.15) is 5.75 Å². The third-order valence-corrected chi connectivity index (χ3v) is 2.28. The van der Waals surface area contributed by atoms with Crippen molar-refractivity contribution >= 4 is 5.97 Å². The highest BCUT2D eigenvalue weighted by atomic mass is 16.4. The number of hydrogen-bond donors (Lipinski definition) is 2. The van der Waals surface area contributed by atoms with E-state index in [1.165, 1.54) is 12.1 Å². The van der Waals surface area contributed by atoms with Gasteiger partial charge in [-0.1, -0.05) is 26.0 Å². The van der Waals surface area contributed by atoms with E-state index in [9.17, 15) is 9.90 Å². The average molecular weight is 208 g/mol. The van der Waals surface area contributed by atoms with Gasteiger partial charge < -0.3 is 10.2 Å². The van der Waals surface area contributed by atoms with Gasteiger partial charge in [-0.25, -0.2) is 0 Å². The Hall–Kier alpha value is -1.51. The quantitative estimate of drug-likeness (QED) is 0.799. The molecule has 3 nitrogen and oxygen atoms in total. The monoisotopic (exact) mass is 208 g/mol. The van der Waals surface area contributed by atoms with Crippen LogP contribution in [0.5, 0.6) is 5.75 Å². The zero-order valence-electron chi connectivity index (χ0n) is 8.97. The first-order chi connectivity index (χ1) is 7.00. The summed E-state index contributed by atoms with van der Waals surface area (Å²) in [5.41, 5.74) is 0.663. The SMILES string of the molecule is CC(C)CC(C(=O)O)c1cccc(O)c1. The number of carboxylic acid groups (broad SMARTS) is 1. The molecular formula is C12H16O3. The summed E-state index contributed by atoms with van der Waals surface area (Å²) >= 11 is 0. The first-order valence-electron chi connectivity index (χ1n) is 5.02. The maximum absolute atomic E-state index is 11.1. The first-order valence-corrected chi connectivity index (χ1v) is 5.02. The lowest BCUT2D eigenvalue weighted by Gasteiger charge is -2.15. The first kappa shape index (κ1) is 11.6. The van der Waals surface area contributed by atoms with Gasteiger partial charge in [-0.3, -0.25) is 4.79 Å². The molecule has 0 heterocycles. The number of phenols is 1. The van der Waals surface area contributed by atoms with Gasteiger partial charge in [-0.2, -0.15) is 0 Å². The molecule has 0 bridgehead atoms. The summed E-state index contributed by atoms with van der Waals surface area (Å²) in [6.45, 7) is 3.97. The molecule has 2 N–H and O–H groups in total. The lowest BCUT2D eigenvalue weighted by molar-refractivity contribution is -0.139. The summed E-state index contributed by atoms with van der Waals surface area (Å²) in [5.74, 6) is -0.942. The van der Waals surface area contributed by atoms with Crippen LogP contribution in [0.25, 0.3) is 0 Å². The van der Waals surface area contributed by atoms with E-state index >= 15 is 0 Å². The van der Waals surface area contributed by atoms with Gasteiger partial charge in [0.25, 0.3) is 0 Å². The second kappa shape index (κ2) is 4.82. The predicted molar refractivity (Wildman–Crippen MR) is 57.9 cm³/mol. The molecule has 15 heavy (non-hydrogen) atoms. The molecule has 0 aromatic heterocycles. The van der Waals surface area contributed by atoms with Gasteiger partial charge in [0.2, 0.25) is 0 Å². The Balaban J connectivity index is 2.94. The van der Waals surface area contributed by atoms with Crippen molar-refractivity contribution in [2.45, 2.75) is 26.2 Å². The van der Waals surface area contributed by atoms with Crippen molar-refractivity contribution in [1.29, 1.82) is 0 Å². The van der Waals surface area contributed by atoms with Crippen molar-refractivity contribution < 1.29 is 15.0 Å². The Morgan fingerprint density at radius 2 is 2.07 bits per heavy atom. The van der Waals surface area contributed by atoms with Crippen LogP contribution < -0.4 is 0 Å². The number of phenolic OH excluding ortho intramolecular Hbond substituents is 1. The van der Waals surface area contributed by atoms with Crippen molar-refractivity contribution in [3.05, 3.63) is 29.8 Å². The topological polar surface area (TPSA) is 57.5 Å². The molecule has 0 aliphatic heterocycles. The molecule has 0 aliphatic rings. The molecule has 0 saturated carbocycles. The fourth-order valence-corrected chi connectivity index (χ4v) is 1.59. The predicted octanol–water partition coefficient (Wildman–Crippen LogP) is 2.61. The van der Waals surface area contributed by atoms with Gasteiger partial charge in [0, 0.05) is 0 Å². The summed E-state index contributed by atoms with van der Waals surface area (Å²) < 4.78 is 0. The van der Waals surface area contributed by atoms with Crippen LogP contribution >= 0.6 is 0 Å². The third-order valence-electron chi connectivity index (χ3n) is 2.28. The minimum absolute atomic E-state index is 0.113. The van der Waals surface area contributed by atoms with Crippen LogP contribution in [0.2, 0.25) is 0 Å². The lowest BCUT2D eigenvalue weighted by Crippen LogP contribution is -2.13. The van der Waals surface area contributed by atoms with E-state index < -0.39 is 11.9 Å². The van der Waals surface area contributed by atoms with E-state index in [-0.39, 0.29) is 5.75 Å². The minimum atomic E-state index is -0.839. The van der Waals surface area contributed by atoms with E-state index in [1.807, 2.05) is 13.8 Å². The van der Waals surface area contributed by atoms with E-state index in [4.69, 9.17) is 5.11 Å². The zero-order chi connectivity index (χ0) is 11.4. The maximum atomic E-state index is 11.1. The van der Waals surface area contributed by atoms with Gasteiger partial charge in [0.15, 0.2) is 0 Å². The van der Waals surface area contributed by atoms with Crippen LogP contribution in [0, 0.1) is 5.92 Å². The fourth-order valence-electron chi connectivity index (χ4n) is 1.59. The minimum Gasteiger partial charge on any atom is -0.508 e. The smallest absolute Gasteiger partial charge is 0.310 e. The lowest BCUT2D eigenvalue weighted by atomic mass is 9.90. The van der Waals surface area contributed by atoms with E-state index in [0.717, 1.165) is 0 Å². The Morgan fingerprint density at radius 1 is 1.40 bits per heavy atom. The van der Waals surface area contributed by atoms with Crippen molar-refractivity contribution in [1.82, 2.24) is 0 Å². The molecule has 0 saturated heterocycles. The molecule has 0 fully saturated rings. The molecule has 1 atom stereocenters. The van der Waals surface area contributed by atoms with E-state index in [2.05, 4.69) is 0 Å². The molecule has 1 aromatic carbocycles. The second-order valence-corrected chi connectivity index (χ2v) is 4.12. The van der Waals surface area contributed by atoms with Crippen LogP contribution in [-0.4, -0.2) is 16.2 Å². The van der Waals surface area contributed by atoms with Gasteiger partial charge in [-0.05, 0) is 30.0 Å². The summed E-state index contributed by atoms with van der Waals surface area (Å²) in [6.07, 6.45) is 0.582. The van der Waals surface area contributed by atoms with Crippen LogP contribution in [0.1, 0.15) is 31.7 Å². The van der Waals surface area contributed by atoms with Gasteiger partial charge >= 0.3 is 5.97 Å². The summed E-state index contributed by atoms with van der Waals surface area (Å²) in [5, 5.41) is 18.4. The Labute approximate surface area is 89.4 Å². The number of carboxylic acids is 1. The zero-order valence-corrected chi connectivity index (χ0v) is 8.97. The largest absolute Gasteiger partial charge is 0.508 e. The molecule has 0 spiro atoms. The van der Waals surface area contributed by atoms with Crippen LogP contribution in [0.3, 0.4) is 0 Å².